The molecule has 0 aliphatic rings. The van der Waals surface area contributed by atoms with E-state index in [0.717, 1.165) is 11.3 Å². The summed E-state index contributed by atoms with van der Waals surface area (Å²) < 4.78 is 1.52. The highest BCUT2D eigenvalue weighted by Gasteiger charge is 2.18. The van der Waals surface area contributed by atoms with E-state index in [1.165, 1.54) is 15.7 Å². The van der Waals surface area contributed by atoms with Gasteiger partial charge in [0, 0.05) is 10.4 Å². The third-order valence-electron chi connectivity index (χ3n) is 2.48. The minimum absolute atomic E-state index is 0.0869. The van der Waals surface area contributed by atoms with Crippen molar-refractivity contribution in [1.29, 1.82) is 0 Å². The van der Waals surface area contributed by atoms with E-state index in [9.17, 15) is 4.79 Å². The van der Waals surface area contributed by atoms with Gasteiger partial charge in [-0.05, 0) is 17.7 Å². The van der Waals surface area contributed by atoms with Crippen LogP contribution in [-0.4, -0.2) is 25.7 Å². The van der Waals surface area contributed by atoms with Gasteiger partial charge in [-0.1, -0.05) is 23.7 Å². The summed E-state index contributed by atoms with van der Waals surface area (Å²) in [5.74, 6) is -1.19. The van der Waals surface area contributed by atoms with Gasteiger partial charge >= 0.3 is 5.97 Å². The van der Waals surface area contributed by atoms with E-state index in [2.05, 4.69) is 10.2 Å². The molecular weight excluding hydrogens is 274 g/mol. The van der Waals surface area contributed by atoms with E-state index in [4.69, 9.17) is 16.7 Å². The average molecular weight is 280 g/mol. The molecule has 1 aromatic carbocycles. The van der Waals surface area contributed by atoms with Gasteiger partial charge in [-0.3, -0.25) is 4.40 Å². The van der Waals surface area contributed by atoms with Crippen molar-refractivity contribution in [2.24, 2.45) is 0 Å². The summed E-state index contributed by atoms with van der Waals surface area (Å²) >= 11 is 7.17. The van der Waals surface area contributed by atoms with Gasteiger partial charge in [0.15, 0.2) is 0 Å². The summed E-state index contributed by atoms with van der Waals surface area (Å²) in [7, 11) is 0. The maximum absolute atomic E-state index is 11.1. The van der Waals surface area contributed by atoms with Gasteiger partial charge < -0.3 is 5.11 Å². The lowest BCUT2D eigenvalue weighted by molar-refractivity contribution is 0.0682. The third kappa shape index (κ3) is 1.66. The normalized spacial score (nSPS) is 10.9. The van der Waals surface area contributed by atoms with Crippen LogP contribution < -0.4 is 0 Å². The first kappa shape index (κ1) is 11.2. The van der Waals surface area contributed by atoms with Gasteiger partial charge in [-0.15, -0.1) is 21.5 Å². The van der Waals surface area contributed by atoms with Crippen molar-refractivity contribution in [3.05, 3.63) is 40.5 Å². The Morgan fingerprint density at radius 3 is 2.67 bits per heavy atom. The van der Waals surface area contributed by atoms with Crippen LogP contribution >= 0.6 is 22.9 Å². The summed E-state index contributed by atoms with van der Waals surface area (Å²) in [6, 6.07) is 7.17. The summed E-state index contributed by atoms with van der Waals surface area (Å²) in [5.41, 5.74) is 1.61. The molecule has 5 nitrogen and oxygen atoms in total. The van der Waals surface area contributed by atoms with Crippen LogP contribution in [0.15, 0.2) is 29.6 Å². The number of carboxylic acid groups (broad SMARTS) is 1. The lowest BCUT2D eigenvalue weighted by Crippen LogP contribution is -2.04. The van der Waals surface area contributed by atoms with E-state index in [0.29, 0.717) is 9.98 Å². The van der Waals surface area contributed by atoms with Crippen LogP contribution in [0.3, 0.4) is 0 Å². The van der Waals surface area contributed by atoms with Crippen LogP contribution in [0.1, 0.15) is 10.6 Å². The Hall–Kier alpha value is -1.92. The van der Waals surface area contributed by atoms with E-state index >= 15 is 0 Å². The fourth-order valence-electron chi connectivity index (χ4n) is 1.68. The Balaban J connectivity index is 2.25. The Bertz CT molecular complexity index is 732. The molecule has 0 amide bonds. The molecule has 0 aliphatic heterocycles. The Labute approximate surface area is 110 Å². The Kier molecular flexibility index (Phi) is 2.53. The second-order valence-electron chi connectivity index (χ2n) is 3.57. The number of aromatic nitrogens is 3. The first-order valence-electron chi connectivity index (χ1n) is 4.98. The monoisotopic (exact) mass is 279 g/mol. The summed E-state index contributed by atoms with van der Waals surface area (Å²) in [5, 5.41) is 19.0. The minimum atomic E-state index is -1.10. The molecule has 0 bridgehead atoms. The summed E-state index contributed by atoms with van der Waals surface area (Å²) in [6.45, 7) is 0. The Morgan fingerprint density at radius 2 is 2.00 bits per heavy atom. The maximum atomic E-state index is 11.1. The summed E-state index contributed by atoms with van der Waals surface area (Å²) in [6.07, 6.45) is 0. The minimum Gasteiger partial charge on any atom is -0.475 e. The fraction of sp³-hybridized carbons (Fsp3) is 0. The molecule has 2 aromatic heterocycles. The van der Waals surface area contributed by atoms with Gasteiger partial charge in [0.2, 0.25) is 10.8 Å². The van der Waals surface area contributed by atoms with Crippen LogP contribution in [0, 0.1) is 0 Å². The molecule has 0 aliphatic carbocycles. The van der Waals surface area contributed by atoms with E-state index in [1.54, 1.807) is 12.1 Å². The van der Waals surface area contributed by atoms with E-state index in [1.807, 2.05) is 17.5 Å². The standard InChI is InChI=1S/C11H6ClN3O2S/c12-7-3-1-6(2-4-7)8-5-18-11-14-13-9(10(16)17)15(8)11/h1-5H,(H,16,17). The molecule has 0 saturated carbocycles. The number of rotatable bonds is 2. The maximum Gasteiger partial charge on any atom is 0.374 e. The molecule has 0 saturated heterocycles. The number of hydrogen-bond donors (Lipinski definition) is 1. The van der Waals surface area contributed by atoms with Gasteiger partial charge in [-0.25, -0.2) is 4.79 Å². The van der Waals surface area contributed by atoms with Crippen molar-refractivity contribution in [1.82, 2.24) is 14.6 Å². The molecule has 0 atom stereocenters. The first-order chi connectivity index (χ1) is 8.66. The van der Waals surface area contributed by atoms with Crippen molar-refractivity contribution >= 4 is 33.9 Å². The van der Waals surface area contributed by atoms with Gasteiger partial charge in [0.05, 0.1) is 5.69 Å². The smallest absolute Gasteiger partial charge is 0.374 e. The molecule has 0 unspecified atom stereocenters. The molecule has 7 heteroatoms. The zero-order valence-corrected chi connectivity index (χ0v) is 10.4. The number of halogens is 1. The fourth-order valence-corrected chi connectivity index (χ4v) is 2.64. The molecule has 1 N–H and O–H groups in total. The van der Waals surface area contributed by atoms with Crippen LogP contribution in [-0.2, 0) is 0 Å². The number of carbonyl (C=O) groups is 1. The molecule has 2 heterocycles. The van der Waals surface area contributed by atoms with Crippen molar-refractivity contribution in [3.63, 3.8) is 0 Å². The number of nitrogens with zero attached hydrogens (tertiary/aromatic N) is 3. The topological polar surface area (TPSA) is 67.5 Å². The van der Waals surface area contributed by atoms with Gasteiger partial charge in [0.25, 0.3) is 0 Å². The molecular formula is C11H6ClN3O2S. The van der Waals surface area contributed by atoms with Crippen molar-refractivity contribution in [3.8, 4) is 11.3 Å². The number of fused-ring (bicyclic) bond motifs is 1. The molecule has 0 radical (unpaired) electrons. The van der Waals surface area contributed by atoms with Gasteiger partial charge in [-0.2, -0.15) is 0 Å². The summed E-state index contributed by atoms with van der Waals surface area (Å²) in [4.78, 5) is 11.6. The molecule has 0 spiro atoms. The molecule has 90 valence electrons. The second-order valence-corrected chi connectivity index (χ2v) is 4.85. The zero-order chi connectivity index (χ0) is 12.7. The number of aromatic carboxylic acids is 1. The highest BCUT2D eigenvalue weighted by atomic mass is 35.5. The highest BCUT2D eigenvalue weighted by molar-refractivity contribution is 7.15. The van der Waals surface area contributed by atoms with Crippen LogP contribution in [0.5, 0.6) is 0 Å². The van der Waals surface area contributed by atoms with Crippen LogP contribution in [0.25, 0.3) is 16.2 Å². The molecule has 0 fully saturated rings. The average Bonchev–Trinajstić information content (AvgIpc) is 2.90. The SMILES string of the molecule is O=C(O)c1nnc2scc(-c3ccc(Cl)cc3)n12. The lowest BCUT2D eigenvalue weighted by atomic mass is 10.2. The Morgan fingerprint density at radius 1 is 1.28 bits per heavy atom. The molecule has 18 heavy (non-hydrogen) atoms. The van der Waals surface area contributed by atoms with Crippen LogP contribution in [0.2, 0.25) is 5.02 Å². The zero-order valence-electron chi connectivity index (χ0n) is 8.87. The number of benzene rings is 1. The second kappa shape index (κ2) is 4.08. The first-order valence-corrected chi connectivity index (χ1v) is 6.24. The largest absolute Gasteiger partial charge is 0.475 e. The number of thiazole rings is 1. The van der Waals surface area contributed by atoms with Crippen molar-refractivity contribution in [2.45, 2.75) is 0 Å². The number of carboxylic acids is 1. The number of hydrogen-bond acceptors (Lipinski definition) is 4. The quantitative estimate of drug-likeness (QED) is 0.783. The highest BCUT2D eigenvalue weighted by Crippen LogP contribution is 2.27. The molecule has 3 aromatic rings. The van der Waals surface area contributed by atoms with Gasteiger partial charge in [0.1, 0.15) is 0 Å². The predicted octanol–water partition coefficient (Wildman–Crippen LogP) is 2.81. The van der Waals surface area contributed by atoms with Crippen LogP contribution in [0.4, 0.5) is 0 Å². The lowest BCUT2D eigenvalue weighted by Gasteiger charge is -2.00. The van der Waals surface area contributed by atoms with Crippen molar-refractivity contribution in [2.75, 3.05) is 0 Å². The third-order valence-corrected chi connectivity index (χ3v) is 3.55. The molecule has 3 rings (SSSR count). The predicted molar refractivity (Wildman–Crippen MR) is 68.3 cm³/mol. The van der Waals surface area contributed by atoms with Crippen molar-refractivity contribution < 1.29 is 9.90 Å². The van der Waals surface area contributed by atoms with E-state index < -0.39 is 5.97 Å². The van der Waals surface area contributed by atoms with E-state index in [-0.39, 0.29) is 5.82 Å².